The van der Waals surface area contributed by atoms with Gasteiger partial charge in [-0.1, -0.05) is 18.2 Å². The summed E-state index contributed by atoms with van der Waals surface area (Å²) < 4.78 is 27.4. The van der Waals surface area contributed by atoms with E-state index >= 15 is 0 Å². The maximum atomic E-state index is 12.8. The standard InChI is InChI=1S/C27H20O7/c1-30-22-10-7-18(13-24(22)31-2)27(29)33-19-8-9-20-23(14-19)34-25(26(20)28)12-16-11-17-5-3-4-6-21(17)32-15-16/h3-14H,15H2,1-2H3. The van der Waals surface area contributed by atoms with Gasteiger partial charge in [0.2, 0.25) is 5.78 Å². The van der Waals surface area contributed by atoms with Crippen molar-refractivity contribution in [2.24, 2.45) is 0 Å². The molecule has 0 atom stereocenters. The van der Waals surface area contributed by atoms with Crippen molar-refractivity contribution in [3.63, 3.8) is 0 Å². The zero-order chi connectivity index (χ0) is 23.7. The van der Waals surface area contributed by atoms with Crippen LogP contribution in [0.25, 0.3) is 6.08 Å². The summed E-state index contributed by atoms with van der Waals surface area (Å²) >= 11 is 0. The van der Waals surface area contributed by atoms with Crippen LogP contribution < -0.4 is 23.7 Å². The number of ether oxygens (including phenoxy) is 5. The second kappa shape index (κ2) is 8.78. The summed E-state index contributed by atoms with van der Waals surface area (Å²) in [5, 5.41) is 0. The Hall–Kier alpha value is -4.52. The van der Waals surface area contributed by atoms with Crippen molar-refractivity contribution >= 4 is 17.8 Å². The van der Waals surface area contributed by atoms with Gasteiger partial charge in [-0.15, -0.1) is 0 Å². The van der Waals surface area contributed by atoms with Crippen LogP contribution in [0.3, 0.4) is 0 Å². The third kappa shape index (κ3) is 3.99. The normalized spacial score (nSPS) is 14.9. The molecule has 0 radical (unpaired) electrons. The zero-order valence-electron chi connectivity index (χ0n) is 18.5. The maximum Gasteiger partial charge on any atom is 0.343 e. The number of rotatable bonds is 5. The second-order valence-corrected chi connectivity index (χ2v) is 7.60. The number of para-hydroxylation sites is 1. The number of benzene rings is 3. The van der Waals surface area contributed by atoms with Gasteiger partial charge in [0, 0.05) is 11.6 Å². The summed E-state index contributed by atoms with van der Waals surface area (Å²) in [4.78, 5) is 25.4. The smallest absolute Gasteiger partial charge is 0.343 e. The first kappa shape index (κ1) is 21.3. The van der Waals surface area contributed by atoms with E-state index in [9.17, 15) is 9.59 Å². The number of hydrogen-bond donors (Lipinski definition) is 0. The van der Waals surface area contributed by atoms with E-state index in [1.165, 1.54) is 26.4 Å². The molecular formula is C27H20O7. The number of hydrogen-bond acceptors (Lipinski definition) is 7. The van der Waals surface area contributed by atoms with Crippen molar-refractivity contribution < 1.29 is 33.3 Å². The Morgan fingerprint density at radius 2 is 1.76 bits per heavy atom. The van der Waals surface area contributed by atoms with Gasteiger partial charge in [0.05, 0.1) is 25.3 Å². The van der Waals surface area contributed by atoms with Crippen LogP contribution in [0.2, 0.25) is 0 Å². The summed E-state index contributed by atoms with van der Waals surface area (Å²) in [6.07, 6.45) is 3.63. The Labute approximate surface area is 195 Å². The van der Waals surface area contributed by atoms with E-state index < -0.39 is 5.97 Å². The third-order valence-electron chi connectivity index (χ3n) is 5.44. The number of methoxy groups -OCH3 is 2. The number of Topliss-reactive ketones (excluding diaryl/α,β-unsaturated/α-hetero) is 1. The number of ketones is 1. The highest BCUT2D eigenvalue weighted by Crippen LogP contribution is 2.36. The van der Waals surface area contributed by atoms with E-state index in [-0.39, 0.29) is 17.3 Å². The maximum absolute atomic E-state index is 12.8. The first-order valence-electron chi connectivity index (χ1n) is 10.5. The van der Waals surface area contributed by atoms with Crippen LogP contribution in [-0.4, -0.2) is 32.6 Å². The summed E-state index contributed by atoms with van der Waals surface area (Å²) in [5.41, 5.74) is 2.44. The summed E-state index contributed by atoms with van der Waals surface area (Å²) in [7, 11) is 3.00. The largest absolute Gasteiger partial charge is 0.493 e. The van der Waals surface area contributed by atoms with Crippen molar-refractivity contribution in [1.82, 2.24) is 0 Å². The van der Waals surface area contributed by atoms with E-state index in [4.69, 9.17) is 23.7 Å². The number of fused-ring (bicyclic) bond motifs is 2. The minimum Gasteiger partial charge on any atom is -0.493 e. The zero-order valence-corrected chi connectivity index (χ0v) is 18.5. The van der Waals surface area contributed by atoms with Gasteiger partial charge in [-0.05, 0) is 54.1 Å². The molecule has 0 unspecified atom stereocenters. The molecule has 0 saturated carbocycles. The molecule has 2 heterocycles. The lowest BCUT2D eigenvalue weighted by molar-refractivity contribution is 0.0734. The Kier molecular flexibility index (Phi) is 5.51. The first-order chi connectivity index (χ1) is 16.6. The highest BCUT2D eigenvalue weighted by atomic mass is 16.5. The quantitative estimate of drug-likeness (QED) is 0.308. The average molecular weight is 456 g/mol. The third-order valence-corrected chi connectivity index (χ3v) is 5.44. The van der Waals surface area contributed by atoms with Gasteiger partial charge < -0.3 is 23.7 Å². The van der Waals surface area contributed by atoms with Gasteiger partial charge in [-0.2, -0.15) is 0 Å². The molecule has 34 heavy (non-hydrogen) atoms. The molecular weight excluding hydrogens is 436 g/mol. The fraction of sp³-hybridized carbons (Fsp3) is 0.111. The molecule has 0 amide bonds. The molecule has 7 heteroatoms. The molecule has 0 fully saturated rings. The predicted octanol–water partition coefficient (Wildman–Crippen LogP) is 4.86. The fourth-order valence-corrected chi connectivity index (χ4v) is 3.75. The minimum atomic E-state index is -0.579. The molecule has 3 aromatic carbocycles. The van der Waals surface area contributed by atoms with Crippen LogP contribution in [-0.2, 0) is 0 Å². The lowest BCUT2D eigenvalue weighted by Gasteiger charge is -2.15. The summed E-state index contributed by atoms with van der Waals surface area (Å²) in [6, 6.07) is 17.1. The molecule has 7 nitrogen and oxygen atoms in total. The predicted molar refractivity (Wildman–Crippen MR) is 124 cm³/mol. The van der Waals surface area contributed by atoms with Crippen LogP contribution in [0.15, 0.2) is 78.1 Å². The Morgan fingerprint density at radius 3 is 2.59 bits per heavy atom. The SMILES string of the molecule is COc1ccc(C(=O)Oc2ccc3c(c2)OC(=CC2=Cc4ccccc4OC2)C3=O)cc1OC. The molecule has 170 valence electrons. The van der Waals surface area contributed by atoms with E-state index in [1.54, 1.807) is 30.3 Å². The number of allylic oxidation sites excluding steroid dienone is 1. The van der Waals surface area contributed by atoms with Crippen LogP contribution in [0.4, 0.5) is 0 Å². The van der Waals surface area contributed by atoms with Gasteiger partial charge in [-0.3, -0.25) is 4.79 Å². The number of carbonyl (C=O) groups is 2. The molecule has 2 aliphatic heterocycles. The van der Waals surface area contributed by atoms with Gasteiger partial charge in [-0.25, -0.2) is 4.79 Å². The van der Waals surface area contributed by atoms with Crippen molar-refractivity contribution in [2.75, 3.05) is 20.8 Å². The van der Waals surface area contributed by atoms with Gasteiger partial charge in [0.1, 0.15) is 23.9 Å². The van der Waals surface area contributed by atoms with Crippen LogP contribution in [0.5, 0.6) is 28.7 Å². The topological polar surface area (TPSA) is 80.3 Å². The monoisotopic (exact) mass is 456 g/mol. The lowest BCUT2D eigenvalue weighted by Crippen LogP contribution is -2.09. The van der Waals surface area contributed by atoms with Gasteiger partial charge >= 0.3 is 5.97 Å². The molecule has 0 spiro atoms. The molecule has 0 aliphatic carbocycles. The van der Waals surface area contributed by atoms with Gasteiger partial charge in [0.25, 0.3) is 0 Å². The highest BCUT2D eigenvalue weighted by Gasteiger charge is 2.29. The second-order valence-electron chi connectivity index (χ2n) is 7.60. The number of esters is 1. The van der Waals surface area contributed by atoms with E-state index in [0.29, 0.717) is 35.0 Å². The van der Waals surface area contributed by atoms with Crippen molar-refractivity contribution in [3.05, 3.63) is 94.8 Å². The fourth-order valence-electron chi connectivity index (χ4n) is 3.75. The first-order valence-corrected chi connectivity index (χ1v) is 10.5. The minimum absolute atomic E-state index is 0.188. The molecule has 3 aromatic rings. The summed E-state index contributed by atoms with van der Waals surface area (Å²) in [6.45, 7) is 0.335. The van der Waals surface area contributed by atoms with Crippen LogP contribution in [0.1, 0.15) is 26.3 Å². The molecule has 0 aromatic heterocycles. The Bertz CT molecular complexity index is 1370. The van der Waals surface area contributed by atoms with E-state index in [1.807, 2.05) is 30.3 Å². The molecule has 0 saturated heterocycles. The van der Waals surface area contributed by atoms with E-state index in [0.717, 1.165) is 16.9 Å². The highest BCUT2D eigenvalue weighted by molar-refractivity contribution is 6.12. The van der Waals surface area contributed by atoms with Crippen molar-refractivity contribution in [1.29, 1.82) is 0 Å². The molecule has 0 bridgehead atoms. The Balaban J connectivity index is 1.34. The van der Waals surface area contributed by atoms with Crippen LogP contribution >= 0.6 is 0 Å². The van der Waals surface area contributed by atoms with Crippen molar-refractivity contribution in [2.45, 2.75) is 0 Å². The lowest BCUT2D eigenvalue weighted by atomic mass is 10.1. The molecule has 0 N–H and O–H groups in total. The average Bonchev–Trinajstić information content (AvgIpc) is 3.17. The Morgan fingerprint density at radius 1 is 0.941 bits per heavy atom. The van der Waals surface area contributed by atoms with Crippen LogP contribution in [0, 0.1) is 0 Å². The van der Waals surface area contributed by atoms with Gasteiger partial charge in [0.15, 0.2) is 17.3 Å². The van der Waals surface area contributed by atoms with E-state index in [2.05, 4.69) is 0 Å². The summed E-state index contributed by atoms with van der Waals surface area (Å²) in [5.74, 6) is 1.66. The number of carbonyl (C=O) groups excluding carboxylic acids is 2. The molecule has 2 aliphatic rings. The molecule has 5 rings (SSSR count). The van der Waals surface area contributed by atoms with Crippen molar-refractivity contribution in [3.8, 4) is 28.7 Å².